The zero-order chi connectivity index (χ0) is 8.72. The van der Waals surface area contributed by atoms with Crippen molar-refractivity contribution in [3.63, 3.8) is 0 Å². The fourth-order valence-corrected chi connectivity index (χ4v) is 1.59. The van der Waals surface area contributed by atoms with E-state index in [9.17, 15) is 4.39 Å². The topological polar surface area (TPSA) is 30.7 Å². The molecular formula is C8H12FN3. The van der Waals surface area contributed by atoms with Crippen molar-refractivity contribution >= 4 is 0 Å². The minimum absolute atomic E-state index is 0.330. The van der Waals surface area contributed by atoms with E-state index < -0.39 is 6.17 Å². The summed E-state index contributed by atoms with van der Waals surface area (Å²) in [6.07, 6.45) is -0.326. The highest BCUT2D eigenvalue weighted by Crippen LogP contribution is 2.21. The number of nitrogens with zero attached hydrogens (tertiary/aromatic N) is 3. The average molecular weight is 169 g/mol. The molecule has 1 aliphatic rings. The number of aromatic nitrogens is 3. The van der Waals surface area contributed by atoms with Crippen molar-refractivity contribution in [2.24, 2.45) is 0 Å². The smallest absolute Gasteiger partial charge is 0.136 e. The molecule has 0 saturated heterocycles. The maximum Gasteiger partial charge on any atom is 0.136 e. The normalized spacial score (nSPS) is 21.8. The highest BCUT2D eigenvalue weighted by Gasteiger charge is 2.26. The predicted molar refractivity (Wildman–Crippen MR) is 42.7 cm³/mol. The van der Waals surface area contributed by atoms with E-state index in [-0.39, 0.29) is 0 Å². The molecule has 0 bridgehead atoms. The molecule has 2 heterocycles. The SMILES string of the molecule is CC(C)c1nnc2n1C[C@@H](F)C2. The van der Waals surface area contributed by atoms with Crippen molar-refractivity contribution in [2.45, 2.75) is 38.9 Å². The summed E-state index contributed by atoms with van der Waals surface area (Å²) in [5.74, 6) is 2.04. The van der Waals surface area contributed by atoms with Gasteiger partial charge in [0.05, 0.1) is 6.54 Å². The average Bonchev–Trinajstić information content (AvgIpc) is 2.43. The second kappa shape index (κ2) is 2.54. The van der Waals surface area contributed by atoms with Gasteiger partial charge in [0.1, 0.15) is 17.8 Å². The lowest BCUT2D eigenvalue weighted by Gasteiger charge is -2.05. The van der Waals surface area contributed by atoms with E-state index >= 15 is 0 Å². The van der Waals surface area contributed by atoms with Gasteiger partial charge in [-0.15, -0.1) is 10.2 Å². The molecule has 0 spiro atoms. The van der Waals surface area contributed by atoms with E-state index in [2.05, 4.69) is 10.2 Å². The van der Waals surface area contributed by atoms with Gasteiger partial charge in [0.2, 0.25) is 0 Å². The Bertz CT molecular complexity index is 292. The zero-order valence-electron chi connectivity index (χ0n) is 7.29. The first-order valence-corrected chi connectivity index (χ1v) is 4.24. The summed E-state index contributed by atoms with van der Waals surface area (Å²) in [7, 11) is 0. The molecule has 3 nitrogen and oxygen atoms in total. The fourth-order valence-electron chi connectivity index (χ4n) is 1.59. The van der Waals surface area contributed by atoms with Crippen LogP contribution in [-0.4, -0.2) is 20.9 Å². The lowest BCUT2D eigenvalue weighted by atomic mass is 10.2. The maximum atomic E-state index is 12.9. The van der Waals surface area contributed by atoms with Crippen LogP contribution in [0.1, 0.15) is 31.4 Å². The Labute approximate surface area is 70.6 Å². The summed E-state index contributed by atoms with van der Waals surface area (Å²) in [4.78, 5) is 0. The van der Waals surface area contributed by atoms with Crippen LogP contribution in [0.5, 0.6) is 0 Å². The van der Waals surface area contributed by atoms with E-state index in [1.54, 1.807) is 0 Å². The van der Waals surface area contributed by atoms with Crippen LogP contribution in [0.25, 0.3) is 0 Å². The first-order chi connectivity index (χ1) is 5.68. The van der Waals surface area contributed by atoms with Gasteiger partial charge in [-0.25, -0.2) is 4.39 Å². The summed E-state index contributed by atoms with van der Waals surface area (Å²) >= 11 is 0. The molecule has 0 aromatic carbocycles. The number of hydrogen-bond acceptors (Lipinski definition) is 2. The number of fused-ring (bicyclic) bond motifs is 1. The van der Waals surface area contributed by atoms with E-state index in [0.717, 1.165) is 11.6 Å². The van der Waals surface area contributed by atoms with Crippen LogP contribution in [0, 0.1) is 0 Å². The van der Waals surface area contributed by atoms with Crippen molar-refractivity contribution in [2.75, 3.05) is 0 Å². The highest BCUT2D eigenvalue weighted by atomic mass is 19.1. The zero-order valence-corrected chi connectivity index (χ0v) is 7.29. The van der Waals surface area contributed by atoms with Crippen LogP contribution in [0.4, 0.5) is 4.39 Å². The summed E-state index contributed by atoms with van der Waals surface area (Å²) in [5, 5.41) is 7.96. The lowest BCUT2D eigenvalue weighted by molar-refractivity contribution is 0.324. The Kier molecular flexibility index (Phi) is 1.63. The Hall–Kier alpha value is -0.930. The first-order valence-electron chi connectivity index (χ1n) is 4.24. The summed E-state index contributed by atoms with van der Waals surface area (Å²) in [5.41, 5.74) is 0. The number of hydrogen-bond donors (Lipinski definition) is 0. The molecular weight excluding hydrogens is 157 g/mol. The van der Waals surface area contributed by atoms with Gasteiger partial charge < -0.3 is 4.57 Å². The van der Waals surface area contributed by atoms with Crippen molar-refractivity contribution in [1.29, 1.82) is 0 Å². The molecule has 0 N–H and O–H groups in total. The van der Waals surface area contributed by atoms with Gasteiger partial charge >= 0.3 is 0 Å². The molecule has 1 atom stereocenters. The molecule has 0 fully saturated rings. The minimum Gasteiger partial charge on any atom is -0.312 e. The molecule has 0 unspecified atom stereocenters. The van der Waals surface area contributed by atoms with Crippen molar-refractivity contribution in [3.05, 3.63) is 11.6 Å². The molecule has 4 heteroatoms. The molecule has 1 aliphatic heterocycles. The molecule has 66 valence electrons. The standard InChI is InChI=1S/C8H12FN3/c1-5(2)8-11-10-7-3-6(9)4-12(7)8/h5-6H,3-4H2,1-2H3/t6-/m0/s1. The third-order valence-electron chi connectivity index (χ3n) is 2.16. The lowest BCUT2D eigenvalue weighted by Crippen LogP contribution is -2.07. The predicted octanol–water partition coefficient (Wildman–Crippen LogP) is 1.30. The van der Waals surface area contributed by atoms with Gasteiger partial charge in [-0.2, -0.15) is 0 Å². The summed E-state index contributed by atoms with van der Waals surface area (Å²) in [6, 6.07) is 0. The van der Waals surface area contributed by atoms with Gasteiger partial charge in [-0.05, 0) is 0 Å². The van der Waals surface area contributed by atoms with Gasteiger partial charge in [0.25, 0.3) is 0 Å². The van der Waals surface area contributed by atoms with E-state index in [1.165, 1.54) is 0 Å². The van der Waals surface area contributed by atoms with E-state index in [1.807, 2.05) is 18.4 Å². The third-order valence-corrected chi connectivity index (χ3v) is 2.16. The largest absolute Gasteiger partial charge is 0.312 e. The Balaban J connectivity index is 2.37. The Morgan fingerprint density at radius 2 is 2.25 bits per heavy atom. The number of alkyl halides is 1. The quantitative estimate of drug-likeness (QED) is 0.634. The summed E-state index contributed by atoms with van der Waals surface area (Å²) < 4.78 is 14.8. The molecule has 1 aromatic rings. The van der Waals surface area contributed by atoms with Crippen LogP contribution in [0.2, 0.25) is 0 Å². The van der Waals surface area contributed by atoms with Crippen LogP contribution in [-0.2, 0) is 13.0 Å². The molecule has 1 aromatic heterocycles. The monoisotopic (exact) mass is 169 g/mol. The van der Waals surface area contributed by atoms with Gasteiger partial charge in [-0.1, -0.05) is 13.8 Å². The number of halogens is 1. The van der Waals surface area contributed by atoms with Crippen LogP contribution in [0.3, 0.4) is 0 Å². The first kappa shape index (κ1) is 7.71. The van der Waals surface area contributed by atoms with Crippen LogP contribution < -0.4 is 0 Å². The molecule has 0 saturated carbocycles. The number of rotatable bonds is 1. The molecule has 0 radical (unpaired) electrons. The second-order valence-electron chi connectivity index (χ2n) is 3.54. The maximum absolute atomic E-state index is 12.9. The van der Waals surface area contributed by atoms with Crippen molar-refractivity contribution < 1.29 is 4.39 Å². The van der Waals surface area contributed by atoms with Gasteiger partial charge in [0, 0.05) is 12.3 Å². The third kappa shape index (κ3) is 1.02. The minimum atomic E-state index is -0.756. The van der Waals surface area contributed by atoms with Gasteiger partial charge in [0.15, 0.2) is 0 Å². The fraction of sp³-hybridized carbons (Fsp3) is 0.750. The van der Waals surface area contributed by atoms with Crippen LogP contribution in [0.15, 0.2) is 0 Å². The summed E-state index contributed by atoms with van der Waals surface area (Å²) in [6.45, 7) is 4.53. The molecule has 0 amide bonds. The Morgan fingerprint density at radius 3 is 2.92 bits per heavy atom. The van der Waals surface area contributed by atoms with Crippen molar-refractivity contribution in [1.82, 2.24) is 14.8 Å². The van der Waals surface area contributed by atoms with E-state index in [4.69, 9.17) is 0 Å². The van der Waals surface area contributed by atoms with Crippen molar-refractivity contribution in [3.8, 4) is 0 Å². The highest BCUT2D eigenvalue weighted by molar-refractivity contribution is 5.05. The molecule has 0 aliphatic carbocycles. The molecule has 2 rings (SSSR count). The Morgan fingerprint density at radius 1 is 1.50 bits per heavy atom. The van der Waals surface area contributed by atoms with E-state index in [0.29, 0.717) is 18.9 Å². The van der Waals surface area contributed by atoms with Gasteiger partial charge in [-0.3, -0.25) is 0 Å². The van der Waals surface area contributed by atoms with Crippen LogP contribution >= 0.6 is 0 Å². The molecule has 12 heavy (non-hydrogen) atoms. The second-order valence-corrected chi connectivity index (χ2v) is 3.54.